The van der Waals surface area contributed by atoms with Crippen molar-refractivity contribution in [1.29, 1.82) is 0 Å². The summed E-state index contributed by atoms with van der Waals surface area (Å²) in [5.74, 6) is 1.85. The van der Waals surface area contributed by atoms with Crippen molar-refractivity contribution in [3.05, 3.63) is 47.3 Å². The second-order valence-electron chi connectivity index (χ2n) is 7.14. The third-order valence-electron chi connectivity index (χ3n) is 4.92. The first-order valence-electron chi connectivity index (χ1n) is 9.46. The first-order valence-corrected chi connectivity index (χ1v) is 9.46. The van der Waals surface area contributed by atoms with Gasteiger partial charge >= 0.3 is 6.03 Å². The highest BCUT2D eigenvalue weighted by molar-refractivity contribution is 5.82. The molecule has 8 nitrogen and oxygen atoms in total. The molecule has 0 saturated carbocycles. The Kier molecular flexibility index (Phi) is 5.04. The van der Waals surface area contributed by atoms with E-state index in [1.165, 1.54) is 0 Å². The fourth-order valence-electron chi connectivity index (χ4n) is 3.64. The summed E-state index contributed by atoms with van der Waals surface area (Å²) in [7, 11) is 0. The second kappa shape index (κ2) is 7.63. The molecule has 4 rings (SSSR count). The number of hydrogen-bond acceptors (Lipinski definition) is 6. The van der Waals surface area contributed by atoms with Crippen molar-refractivity contribution in [3.63, 3.8) is 0 Å². The predicted molar refractivity (Wildman–Crippen MR) is 102 cm³/mol. The number of rotatable bonds is 4. The van der Waals surface area contributed by atoms with Crippen LogP contribution in [0.4, 0.5) is 4.79 Å². The Labute approximate surface area is 162 Å². The Morgan fingerprint density at radius 1 is 1.29 bits per heavy atom. The topological polar surface area (TPSA) is 93.6 Å². The standard InChI is InChI=1S/C20H24N4O4/c1-12-10-24(11-18(26-12)19-22-14(3)23-28-19)20(25)21-9-8-15-13(2)27-17-7-5-4-6-16(15)17/h4-7,12,18H,8-11H2,1-3H3,(H,21,25)/t12-,18-/m1/s1. The van der Waals surface area contributed by atoms with Crippen molar-refractivity contribution in [2.75, 3.05) is 19.6 Å². The summed E-state index contributed by atoms with van der Waals surface area (Å²) in [5, 5.41) is 7.91. The van der Waals surface area contributed by atoms with Gasteiger partial charge in [0.15, 0.2) is 11.9 Å². The van der Waals surface area contributed by atoms with Gasteiger partial charge in [0.05, 0.1) is 12.6 Å². The van der Waals surface area contributed by atoms with Crippen LogP contribution in [0.25, 0.3) is 11.0 Å². The Bertz CT molecular complexity index is 980. The minimum Gasteiger partial charge on any atom is -0.461 e. The van der Waals surface area contributed by atoms with E-state index in [1.807, 2.05) is 38.1 Å². The number of carbonyl (C=O) groups is 1. The van der Waals surface area contributed by atoms with Crippen molar-refractivity contribution in [2.24, 2.45) is 0 Å². The first-order chi connectivity index (χ1) is 13.5. The lowest BCUT2D eigenvalue weighted by Gasteiger charge is -2.35. The number of aromatic nitrogens is 2. The first kappa shape index (κ1) is 18.5. The number of para-hydroxylation sites is 1. The van der Waals surface area contributed by atoms with Crippen LogP contribution in [0.3, 0.4) is 0 Å². The summed E-state index contributed by atoms with van der Waals surface area (Å²) < 4.78 is 16.9. The van der Waals surface area contributed by atoms with Crippen LogP contribution in [0.15, 0.2) is 33.2 Å². The van der Waals surface area contributed by atoms with E-state index >= 15 is 0 Å². The van der Waals surface area contributed by atoms with Gasteiger partial charge in [-0.05, 0) is 33.3 Å². The van der Waals surface area contributed by atoms with Crippen LogP contribution in [-0.4, -0.2) is 46.8 Å². The molecule has 1 aliphatic heterocycles. The number of fused-ring (bicyclic) bond motifs is 1. The number of furan rings is 1. The SMILES string of the molecule is Cc1noc([C@H]2CN(C(=O)NCCc3c(C)oc4ccccc34)C[C@@H](C)O2)n1. The van der Waals surface area contributed by atoms with Crippen molar-refractivity contribution in [1.82, 2.24) is 20.4 Å². The number of ether oxygens (including phenoxy) is 1. The minimum absolute atomic E-state index is 0.114. The third kappa shape index (κ3) is 3.73. The molecule has 28 heavy (non-hydrogen) atoms. The molecule has 0 spiro atoms. The van der Waals surface area contributed by atoms with E-state index in [2.05, 4.69) is 15.5 Å². The van der Waals surface area contributed by atoms with Gasteiger partial charge < -0.3 is 23.9 Å². The predicted octanol–water partition coefficient (Wildman–Crippen LogP) is 3.15. The fraction of sp³-hybridized carbons (Fsp3) is 0.450. The number of morpholine rings is 1. The average Bonchev–Trinajstić information content (AvgIpc) is 3.24. The molecule has 1 aromatic carbocycles. The number of urea groups is 1. The maximum atomic E-state index is 12.7. The fourth-order valence-corrected chi connectivity index (χ4v) is 3.64. The van der Waals surface area contributed by atoms with Gasteiger partial charge in [-0.15, -0.1) is 0 Å². The Morgan fingerprint density at radius 3 is 2.89 bits per heavy atom. The quantitative estimate of drug-likeness (QED) is 0.743. The normalized spacial score (nSPS) is 19.9. The third-order valence-corrected chi connectivity index (χ3v) is 4.92. The monoisotopic (exact) mass is 384 g/mol. The molecule has 0 aliphatic carbocycles. The van der Waals surface area contributed by atoms with Crippen LogP contribution in [0.5, 0.6) is 0 Å². The zero-order valence-electron chi connectivity index (χ0n) is 16.3. The molecule has 0 unspecified atom stereocenters. The molecule has 3 heterocycles. The van der Waals surface area contributed by atoms with E-state index in [-0.39, 0.29) is 12.1 Å². The Balaban J connectivity index is 1.37. The van der Waals surface area contributed by atoms with E-state index in [9.17, 15) is 4.79 Å². The number of hydrogen-bond donors (Lipinski definition) is 1. The molecule has 1 N–H and O–H groups in total. The smallest absolute Gasteiger partial charge is 0.317 e. The molecule has 0 bridgehead atoms. The van der Waals surface area contributed by atoms with Crippen molar-refractivity contribution < 1.29 is 18.5 Å². The average molecular weight is 384 g/mol. The second-order valence-corrected chi connectivity index (χ2v) is 7.14. The molecule has 2 aromatic heterocycles. The number of aryl methyl sites for hydroxylation is 2. The van der Waals surface area contributed by atoms with Gasteiger partial charge in [-0.25, -0.2) is 4.79 Å². The van der Waals surface area contributed by atoms with Crippen molar-refractivity contribution in [2.45, 2.75) is 39.4 Å². The molecule has 1 aliphatic rings. The lowest BCUT2D eigenvalue weighted by atomic mass is 10.1. The van der Waals surface area contributed by atoms with Gasteiger partial charge in [-0.1, -0.05) is 23.4 Å². The van der Waals surface area contributed by atoms with Gasteiger partial charge in [0.1, 0.15) is 11.3 Å². The molecule has 8 heteroatoms. The van der Waals surface area contributed by atoms with Crippen LogP contribution >= 0.6 is 0 Å². The molecule has 0 radical (unpaired) electrons. The zero-order valence-corrected chi connectivity index (χ0v) is 16.3. The molecular formula is C20H24N4O4. The lowest BCUT2D eigenvalue weighted by molar-refractivity contribution is -0.0781. The highest BCUT2D eigenvalue weighted by atomic mass is 16.5. The van der Waals surface area contributed by atoms with Crippen molar-refractivity contribution >= 4 is 17.0 Å². The highest BCUT2D eigenvalue weighted by Crippen LogP contribution is 2.26. The van der Waals surface area contributed by atoms with Crippen LogP contribution in [0.2, 0.25) is 0 Å². The summed E-state index contributed by atoms with van der Waals surface area (Å²) in [6.07, 6.45) is 0.188. The van der Waals surface area contributed by atoms with Crippen LogP contribution in [-0.2, 0) is 11.2 Å². The van der Waals surface area contributed by atoms with Gasteiger partial charge in [0.25, 0.3) is 5.89 Å². The molecule has 2 atom stereocenters. The summed E-state index contributed by atoms with van der Waals surface area (Å²) in [5.41, 5.74) is 2.01. The number of benzene rings is 1. The number of carbonyl (C=O) groups excluding carboxylic acids is 1. The lowest BCUT2D eigenvalue weighted by Crippen LogP contribution is -2.50. The zero-order chi connectivity index (χ0) is 19.7. The highest BCUT2D eigenvalue weighted by Gasteiger charge is 2.32. The van der Waals surface area contributed by atoms with Crippen LogP contribution < -0.4 is 5.32 Å². The molecule has 3 aromatic rings. The van der Waals surface area contributed by atoms with Crippen molar-refractivity contribution in [3.8, 4) is 0 Å². The summed E-state index contributed by atoms with van der Waals surface area (Å²) in [4.78, 5) is 18.6. The molecule has 1 saturated heterocycles. The van der Waals surface area contributed by atoms with Gasteiger partial charge in [-0.3, -0.25) is 0 Å². The van der Waals surface area contributed by atoms with Crippen LogP contribution in [0, 0.1) is 13.8 Å². The number of amides is 2. The number of nitrogens with zero attached hydrogens (tertiary/aromatic N) is 3. The molecule has 148 valence electrons. The molecular weight excluding hydrogens is 360 g/mol. The van der Waals surface area contributed by atoms with E-state index in [4.69, 9.17) is 13.7 Å². The Hall–Kier alpha value is -2.87. The molecule has 1 fully saturated rings. The summed E-state index contributed by atoms with van der Waals surface area (Å²) in [6.45, 7) is 7.06. The van der Waals surface area contributed by atoms with Gasteiger partial charge in [0.2, 0.25) is 0 Å². The van der Waals surface area contributed by atoms with E-state index in [1.54, 1.807) is 11.8 Å². The van der Waals surface area contributed by atoms with Gasteiger partial charge in [-0.2, -0.15) is 4.98 Å². The largest absolute Gasteiger partial charge is 0.461 e. The van der Waals surface area contributed by atoms with Crippen LogP contribution in [0.1, 0.15) is 36.1 Å². The van der Waals surface area contributed by atoms with E-state index in [0.717, 1.165) is 22.3 Å². The maximum absolute atomic E-state index is 12.7. The number of nitrogens with one attached hydrogen (secondary N) is 1. The minimum atomic E-state index is -0.407. The van der Waals surface area contributed by atoms with E-state index < -0.39 is 6.10 Å². The summed E-state index contributed by atoms with van der Waals surface area (Å²) in [6, 6.07) is 7.83. The Morgan fingerprint density at radius 2 is 2.11 bits per heavy atom. The van der Waals surface area contributed by atoms with E-state index in [0.29, 0.717) is 37.8 Å². The maximum Gasteiger partial charge on any atom is 0.317 e. The summed E-state index contributed by atoms with van der Waals surface area (Å²) >= 11 is 0. The molecule has 2 amide bonds. The van der Waals surface area contributed by atoms with Gasteiger partial charge in [0, 0.05) is 24.0 Å².